The van der Waals surface area contributed by atoms with Gasteiger partial charge in [-0.1, -0.05) is 189 Å². The Hall–Kier alpha value is -2.10. The van der Waals surface area contributed by atoms with Crippen molar-refractivity contribution in [3.63, 3.8) is 0 Å². The summed E-state index contributed by atoms with van der Waals surface area (Å²) in [4.78, 5) is 22.6. The summed E-state index contributed by atoms with van der Waals surface area (Å²) in [6.07, 6.45) is 54.3. The van der Waals surface area contributed by atoms with Crippen molar-refractivity contribution in [2.45, 2.75) is 199 Å². The minimum atomic E-state index is -4.53. The number of phosphoric ester groups is 1. The first-order chi connectivity index (χ1) is 28.8. The lowest BCUT2D eigenvalue weighted by molar-refractivity contribution is -0.154. The number of phosphoric acid groups is 1. The maximum atomic E-state index is 12.6. The highest BCUT2D eigenvalue weighted by Crippen LogP contribution is 2.43. The van der Waals surface area contributed by atoms with Crippen molar-refractivity contribution in [1.29, 1.82) is 0 Å². The molecule has 0 aromatic heterocycles. The Labute approximate surface area is 361 Å². The average molecular weight is 851 g/mol. The lowest BCUT2D eigenvalue weighted by Gasteiger charge is -2.20. The van der Waals surface area contributed by atoms with Gasteiger partial charge in [-0.25, -0.2) is 4.57 Å². The van der Waals surface area contributed by atoms with E-state index in [0.29, 0.717) is 13.0 Å². The van der Waals surface area contributed by atoms with Gasteiger partial charge in [0.05, 0.1) is 26.4 Å². The van der Waals surface area contributed by atoms with Crippen molar-refractivity contribution in [2.75, 3.05) is 33.0 Å². The fourth-order valence-corrected chi connectivity index (χ4v) is 6.91. The second-order valence-corrected chi connectivity index (χ2v) is 16.9. The molecule has 3 atom stereocenters. The van der Waals surface area contributed by atoms with Crippen LogP contribution >= 0.6 is 7.82 Å². The number of hydrogen-bond donors (Lipinski definition) is 3. The number of ether oxygens (including phenoxy) is 2. The predicted molar refractivity (Wildman–Crippen MR) is 246 cm³/mol. The molecule has 9 nitrogen and oxygen atoms in total. The highest BCUT2D eigenvalue weighted by molar-refractivity contribution is 7.47. The van der Waals surface area contributed by atoms with E-state index in [4.69, 9.17) is 23.6 Å². The molecule has 0 heterocycles. The first-order valence-electron chi connectivity index (χ1n) is 23.4. The van der Waals surface area contributed by atoms with Crippen molar-refractivity contribution < 1.29 is 43.0 Å². The molecule has 0 aliphatic heterocycles. The number of carbonyl (C=O) groups excluding carboxylic acids is 1. The SMILES string of the molecule is CC/C=C\C/C=C\C/C=C\C/C=C\C/C=C\C/C=C\CCCCCCC(=O)OC(COCCCCCCCCCCCCCCCCC)COP(=O)(O)OCC(O)CO. The van der Waals surface area contributed by atoms with Crippen molar-refractivity contribution >= 4 is 13.8 Å². The minimum absolute atomic E-state index is 0.0373. The van der Waals surface area contributed by atoms with Gasteiger partial charge in [0.25, 0.3) is 0 Å². The summed E-state index contributed by atoms with van der Waals surface area (Å²) in [5, 5.41) is 18.4. The molecule has 0 aromatic rings. The normalized spacial score (nSPS) is 14.6. The molecule has 0 aromatic carbocycles. The largest absolute Gasteiger partial charge is 0.472 e. The number of carbonyl (C=O) groups is 1. The van der Waals surface area contributed by atoms with Crippen LogP contribution in [-0.2, 0) is 27.9 Å². The maximum absolute atomic E-state index is 12.6. The molecule has 10 heteroatoms. The van der Waals surface area contributed by atoms with Gasteiger partial charge < -0.3 is 24.6 Å². The molecule has 0 bridgehead atoms. The van der Waals surface area contributed by atoms with Crippen LogP contribution < -0.4 is 0 Å². The fraction of sp³-hybridized carbons (Fsp3) is 0.735. The summed E-state index contributed by atoms with van der Waals surface area (Å²) in [6, 6.07) is 0. The molecule has 0 rings (SSSR count). The molecule has 0 aliphatic carbocycles. The van der Waals surface area contributed by atoms with E-state index < -0.39 is 39.2 Å². The van der Waals surface area contributed by atoms with Crippen LogP contribution in [0.2, 0.25) is 0 Å². The number of hydrogen-bond acceptors (Lipinski definition) is 8. The molecular weight excluding hydrogens is 764 g/mol. The van der Waals surface area contributed by atoms with E-state index in [1.165, 1.54) is 77.0 Å². The van der Waals surface area contributed by atoms with Gasteiger partial charge in [0.1, 0.15) is 12.2 Å². The number of rotatable bonds is 44. The van der Waals surface area contributed by atoms with E-state index in [9.17, 15) is 19.4 Å². The lowest BCUT2D eigenvalue weighted by atomic mass is 10.0. The topological polar surface area (TPSA) is 132 Å². The van der Waals surface area contributed by atoms with E-state index in [1.807, 2.05) is 0 Å². The molecule has 0 saturated heterocycles. The Morgan fingerprint density at radius 2 is 0.966 bits per heavy atom. The van der Waals surface area contributed by atoms with E-state index >= 15 is 0 Å². The standard InChI is InChI=1S/C49H87O9P/c1-3-5-7-9-11-13-15-17-19-20-21-22-23-24-25-26-27-29-31-33-35-37-39-41-49(52)58-48(46-57-59(53,54)56-44-47(51)43-50)45-55-42-40-38-36-34-32-30-28-18-16-14-12-10-8-6-4-2/h5,7,11,13,17,19,21-22,24-25,27,29,47-48,50-51H,3-4,6,8-10,12,14-16,18,20,23,26,28,30-46H2,1-2H3,(H,53,54)/b7-5-,13-11-,19-17-,22-21-,25-24-,29-27-. The van der Waals surface area contributed by atoms with E-state index in [2.05, 4.69) is 86.8 Å². The van der Waals surface area contributed by atoms with Gasteiger partial charge >= 0.3 is 13.8 Å². The minimum Gasteiger partial charge on any atom is -0.457 e. The number of unbranched alkanes of at least 4 members (excludes halogenated alkanes) is 18. The average Bonchev–Trinajstić information content (AvgIpc) is 3.23. The van der Waals surface area contributed by atoms with E-state index in [1.54, 1.807) is 0 Å². The van der Waals surface area contributed by atoms with Gasteiger partial charge in [-0.15, -0.1) is 0 Å². The summed E-state index contributed by atoms with van der Waals surface area (Å²) < 4.78 is 33.4. The number of esters is 1. The zero-order chi connectivity index (χ0) is 43.2. The molecule has 3 N–H and O–H groups in total. The van der Waals surface area contributed by atoms with Crippen LogP contribution in [0.1, 0.15) is 187 Å². The second-order valence-electron chi connectivity index (χ2n) is 15.4. The third kappa shape index (κ3) is 45.3. The molecule has 0 radical (unpaired) electrons. The van der Waals surface area contributed by atoms with Crippen LogP contribution in [0.25, 0.3) is 0 Å². The van der Waals surface area contributed by atoms with Crippen LogP contribution in [0.4, 0.5) is 0 Å². The Morgan fingerprint density at radius 3 is 1.46 bits per heavy atom. The summed E-state index contributed by atoms with van der Waals surface area (Å²) in [6.45, 7) is 3.38. The Kier molecular flexibility index (Phi) is 43.8. The Morgan fingerprint density at radius 1 is 0.542 bits per heavy atom. The molecule has 342 valence electrons. The van der Waals surface area contributed by atoms with Crippen LogP contribution in [0.3, 0.4) is 0 Å². The van der Waals surface area contributed by atoms with Crippen LogP contribution in [0.5, 0.6) is 0 Å². The van der Waals surface area contributed by atoms with Crippen LogP contribution in [0, 0.1) is 0 Å². The van der Waals surface area contributed by atoms with Gasteiger partial charge in [-0.2, -0.15) is 0 Å². The Balaban J connectivity index is 4.20. The van der Waals surface area contributed by atoms with Crippen molar-refractivity contribution in [3.05, 3.63) is 72.9 Å². The molecule has 0 aliphatic rings. The van der Waals surface area contributed by atoms with Crippen LogP contribution in [0.15, 0.2) is 72.9 Å². The zero-order valence-electron chi connectivity index (χ0n) is 37.4. The third-order valence-corrected chi connectivity index (χ3v) is 10.6. The third-order valence-electron chi connectivity index (χ3n) is 9.66. The lowest BCUT2D eigenvalue weighted by Crippen LogP contribution is -2.29. The van der Waals surface area contributed by atoms with Gasteiger partial charge in [0.15, 0.2) is 0 Å². The van der Waals surface area contributed by atoms with Crippen LogP contribution in [-0.4, -0.2) is 66.3 Å². The maximum Gasteiger partial charge on any atom is 0.472 e. The van der Waals surface area contributed by atoms with Gasteiger partial charge in [-0.3, -0.25) is 13.8 Å². The van der Waals surface area contributed by atoms with Gasteiger partial charge in [0.2, 0.25) is 0 Å². The molecule has 3 unspecified atom stereocenters. The zero-order valence-corrected chi connectivity index (χ0v) is 38.3. The summed E-state index contributed by atoms with van der Waals surface area (Å²) in [7, 11) is -4.53. The summed E-state index contributed by atoms with van der Waals surface area (Å²) in [5.74, 6) is -0.407. The van der Waals surface area contributed by atoms with Crippen molar-refractivity contribution in [1.82, 2.24) is 0 Å². The Bertz CT molecular complexity index is 1150. The first kappa shape index (κ1) is 56.9. The van der Waals surface area contributed by atoms with Gasteiger partial charge in [-0.05, 0) is 64.2 Å². The molecule has 0 amide bonds. The highest BCUT2D eigenvalue weighted by Gasteiger charge is 2.26. The van der Waals surface area contributed by atoms with E-state index in [-0.39, 0.29) is 19.6 Å². The summed E-state index contributed by atoms with van der Waals surface area (Å²) >= 11 is 0. The predicted octanol–water partition coefficient (Wildman–Crippen LogP) is 13.3. The quantitative estimate of drug-likeness (QED) is 0.0237. The second kappa shape index (κ2) is 45.4. The molecule has 59 heavy (non-hydrogen) atoms. The van der Waals surface area contributed by atoms with Crippen molar-refractivity contribution in [3.8, 4) is 0 Å². The first-order valence-corrected chi connectivity index (χ1v) is 24.9. The monoisotopic (exact) mass is 851 g/mol. The van der Waals surface area contributed by atoms with E-state index in [0.717, 1.165) is 83.5 Å². The number of aliphatic hydroxyl groups excluding tert-OH is 2. The van der Waals surface area contributed by atoms with Gasteiger partial charge in [0, 0.05) is 13.0 Å². The number of aliphatic hydroxyl groups is 2. The highest BCUT2D eigenvalue weighted by atomic mass is 31.2. The fourth-order valence-electron chi connectivity index (χ4n) is 6.12. The summed E-state index contributed by atoms with van der Waals surface area (Å²) in [5.41, 5.74) is 0. The molecule has 0 fully saturated rings. The molecular formula is C49H87O9P. The smallest absolute Gasteiger partial charge is 0.457 e. The molecule has 0 spiro atoms. The number of allylic oxidation sites excluding steroid dienone is 12. The molecule has 0 saturated carbocycles. The van der Waals surface area contributed by atoms with Crippen molar-refractivity contribution in [2.24, 2.45) is 0 Å².